The number of aliphatic hydroxyl groups is 2. The molecular formula is C26H39NO4. The largest absolute Gasteiger partial charge is 0.472 e. The fourth-order valence-corrected chi connectivity index (χ4v) is 8.10. The average molecular weight is 430 g/mol. The highest BCUT2D eigenvalue weighted by Gasteiger charge is 2.71. The Labute approximate surface area is 186 Å². The molecule has 5 nitrogen and oxygen atoms in total. The predicted molar refractivity (Wildman–Crippen MR) is 119 cm³/mol. The van der Waals surface area contributed by atoms with Gasteiger partial charge in [-0.05, 0) is 87.6 Å². The van der Waals surface area contributed by atoms with Gasteiger partial charge in [-0.2, -0.15) is 0 Å². The first kappa shape index (κ1) is 21.7. The van der Waals surface area contributed by atoms with Gasteiger partial charge in [0.05, 0.1) is 24.2 Å². The molecule has 4 N–H and O–H groups in total. The van der Waals surface area contributed by atoms with Crippen molar-refractivity contribution in [2.45, 2.75) is 88.9 Å². The molecule has 0 bridgehead atoms. The molecule has 1 aromatic heterocycles. The van der Waals surface area contributed by atoms with Crippen LogP contribution in [0, 0.1) is 22.7 Å². The minimum absolute atomic E-state index is 0.129. The van der Waals surface area contributed by atoms with Crippen molar-refractivity contribution in [3.05, 3.63) is 35.8 Å². The standard InChI is InChI=1S/C26H39NO4/c1-23-9-6-20(31-14-3-13-27)16-18(23)4-5-22-21(23)7-10-24(2)25(28,11-12-26(22,24)29)19-8-15-30-17-19/h8,15-17,20-22,28-29H,3-7,9-14,27H2,1-2H3/t20?,21-,22-,23+,24-,25?,26-/m1/s1. The van der Waals surface area contributed by atoms with Crippen molar-refractivity contribution in [1.29, 1.82) is 0 Å². The Bertz CT molecular complexity index is 836. The second-order valence-corrected chi connectivity index (χ2v) is 11.1. The summed E-state index contributed by atoms with van der Waals surface area (Å²) in [5.74, 6) is 0.686. The van der Waals surface area contributed by atoms with E-state index in [-0.39, 0.29) is 17.4 Å². The molecule has 2 unspecified atom stereocenters. The normalized spacial score (nSPS) is 46.7. The van der Waals surface area contributed by atoms with Gasteiger partial charge in [-0.25, -0.2) is 0 Å². The first-order chi connectivity index (χ1) is 14.8. The van der Waals surface area contributed by atoms with Gasteiger partial charge in [0.15, 0.2) is 0 Å². The summed E-state index contributed by atoms with van der Waals surface area (Å²) >= 11 is 0. The zero-order valence-electron chi connectivity index (χ0n) is 19.1. The zero-order chi connectivity index (χ0) is 21.9. The Morgan fingerprint density at radius 2 is 1.94 bits per heavy atom. The highest BCUT2D eigenvalue weighted by atomic mass is 16.5. The molecule has 1 heterocycles. The fourth-order valence-electron chi connectivity index (χ4n) is 8.10. The summed E-state index contributed by atoms with van der Waals surface area (Å²) in [5, 5.41) is 24.1. The minimum atomic E-state index is -1.02. The molecule has 0 aromatic carbocycles. The van der Waals surface area contributed by atoms with Crippen LogP contribution in [0.1, 0.15) is 77.2 Å². The lowest BCUT2D eigenvalue weighted by Gasteiger charge is -2.62. The summed E-state index contributed by atoms with van der Waals surface area (Å²) in [6.07, 6.45) is 14.1. The molecule has 0 spiro atoms. The SMILES string of the molecule is C[C@]12CCC(OCCCN)C=C1CC[C@@H]1[C@H]2CC[C@]2(C)C(O)(c3ccoc3)CC[C@@]12O. The van der Waals surface area contributed by atoms with Crippen molar-refractivity contribution in [3.8, 4) is 0 Å². The van der Waals surface area contributed by atoms with Crippen LogP contribution < -0.4 is 5.73 Å². The fraction of sp³-hybridized carbons (Fsp3) is 0.769. The van der Waals surface area contributed by atoms with Crippen LogP contribution in [0.3, 0.4) is 0 Å². The number of ether oxygens (including phenoxy) is 1. The van der Waals surface area contributed by atoms with Crippen molar-refractivity contribution in [2.75, 3.05) is 13.2 Å². The molecule has 7 atom stereocenters. The highest BCUT2D eigenvalue weighted by molar-refractivity contribution is 5.33. The van der Waals surface area contributed by atoms with Crippen molar-refractivity contribution in [2.24, 2.45) is 28.4 Å². The van der Waals surface area contributed by atoms with Crippen molar-refractivity contribution in [3.63, 3.8) is 0 Å². The first-order valence-corrected chi connectivity index (χ1v) is 12.3. The number of furan rings is 1. The Hall–Kier alpha value is -1.14. The van der Waals surface area contributed by atoms with Crippen LogP contribution in [0.2, 0.25) is 0 Å². The van der Waals surface area contributed by atoms with Gasteiger partial charge < -0.3 is 25.1 Å². The third kappa shape index (κ3) is 2.89. The Balaban J connectivity index is 1.42. The van der Waals surface area contributed by atoms with E-state index < -0.39 is 16.6 Å². The van der Waals surface area contributed by atoms with Gasteiger partial charge in [-0.3, -0.25) is 0 Å². The van der Waals surface area contributed by atoms with Gasteiger partial charge in [0.2, 0.25) is 0 Å². The zero-order valence-corrected chi connectivity index (χ0v) is 19.1. The highest BCUT2D eigenvalue weighted by Crippen LogP contribution is 2.71. The quantitative estimate of drug-likeness (QED) is 0.480. The summed E-state index contributed by atoms with van der Waals surface area (Å²) < 4.78 is 11.4. The molecule has 0 radical (unpaired) electrons. The van der Waals surface area contributed by atoms with E-state index in [2.05, 4.69) is 19.9 Å². The second-order valence-electron chi connectivity index (χ2n) is 11.1. The minimum Gasteiger partial charge on any atom is -0.472 e. The van der Waals surface area contributed by atoms with Gasteiger partial charge in [-0.1, -0.05) is 25.5 Å². The lowest BCUT2D eigenvalue weighted by atomic mass is 9.44. The summed E-state index contributed by atoms with van der Waals surface area (Å²) in [6, 6.07) is 1.87. The van der Waals surface area contributed by atoms with Crippen LogP contribution in [0.5, 0.6) is 0 Å². The van der Waals surface area contributed by atoms with Gasteiger partial charge in [0.1, 0.15) is 5.60 Å². The molecule has 31 heavy (non-hydrogen) atoms. The smallest absolute Gasteiger partial charge is 0.101 e. The van der Waals surface area contributed by atoms with E-state index in [9.17, 15) is 10.2 Å². The number of fused-ring (bicyclic) bond motifs is 5. The Kier molecular flexibility index (Phi) is 5.21. The molecular weight excluding hydrogens is 390 g/mol. The van der Waals surface area contributed by atoms with Crippen LogP contribution >= 0.6 is 0 Å². The molecule has 3 fully saturated rings. The average Bonchev–Trinajstić information content (AvgIpc) is 3.36. The first-order valence-electron chi connectivity index (χ1n) is 12.3. The number of nitrogens with two attached hydrogens (primary N) is 1. The molecule has 0 amide bonds. The number of rotatable bonds is 5. The topological polar surface area (TPSA) is 88.9 Å². The van der Waals surface area contributed by atoms with Gasteiger partial charge in [0.25, 0.3) is 0 Å². The monoisotopic (exact) mass is 429 g/mol. The third-order valence-electron chi connectivity index (χ3n) is 10.1. The molecule has 4 aliphatic rings. The maximum absolute atomic E-state index is 12.3. The lowest BCUT2D eigenvalue weighted by Crippen LogP contribution is -2.63. The molecule has 0 aliphatic heterocycles. The number of hydrogen-bond donors (Lipinski definition) is 3. The summed E-state index contributed by atoms with van der Waals surface area (Å²) in [6.45, 7) is 5.96. The van der Waals surface area contributed by atoms with E-state index in [4.69, 9.17) is 14.9 Å². The lowest BCUT2D eigenvalue weighted by molar-refractivity contribution is -0.222. The molecule has 5 rings (SSSR count). The van der Waals surface area contributed by atoms with Crippen LogP contribution in [0.4, 0.5) is 0 Å². The van der Waals surface area contributed by atoms with E-state index in [1.54, 1.807) is 12.5 Å². The van der Waals surface area contributed by atoms with Gasteiger partial charge in [-0.15, -0.1) is 0 Å². The van der Waals surface area contributed by atoms with Crippen molar-refractivity contribution < 1.29 is 19.4 Å². The van der Waals surface area contributed by atoms with Crippen molar-refractivity contribution in [1.82, 2.24) is 0 Å². The van der Waals surface area contributed by atoms with Crippen molar-refractivity contribution >= 4 is 0 Å². The van der Waals surface area contributed by atoms with Crippen LogP contribution in [-0.2, 0) is 10.3 Å². The number of hydrogen-bond acceptors (Lipinski definition) is 5. The van der Waals surface area contributed by atoms with E-state index in [0.29, 0.717) is 25.3 Å². The van der Waals surface area contributed by atoms with E-state index in [0.717, 1.165) is 57.1 Å². The Morgan fingerprint density at radius 3 is 2.68 bits per heavy atom. The summed E-state index contributed by atoms with van der Waals surface area (Å²) in [5.41, 5.74) is 5.69. The van der Waals surface area contributed by atoms with E-state index in [1.807, 2.05) is 6.07 Å². The Morgan fingerprint density at radius 1 is 1.10 bits per heavy atom. The maximum Gasteiger partial charge on any atom is 0.101 e. The van der Waals surface area contributed by atoms with Crippen LogP contribution in [0.15, 0.2) is 34.7 Å². The van der Waals surface area contributed by atoms with Crippen LogP contribution in [0.25, 0.3) is 0 Å². The molecule has 0 saturated heterocycles. The van der Waals surface area contributed by atoms with E-state index >= 15 is 0 Å². The maximum atomic E-state index is 12.3. The van der Waals surface area contributed by atoms with Gasteiger partial charge >= 0.3 is 0 Å². The second kappa shape index (κ2) is 7.44. The molecule has 1 aromatic rings. The molecule has 3 saturated carbocycles. The molecule has 5 heteroatoms. The molecule has 4 aliphatic carbocycles. The predicted octanol–water partition coefficient (Wildman–Crippen LogP) is 4.28. The summed E-state index contributed by atoms with van der Waals surface area (Å²) in [4.78, 5) is 0. The van der Waals surface area contributed by atoms with Crippen LogP contribution in [-0.4, -0.2) is 35.1 Å². The number of allylic oxidation sites excluding steroid dienone is 1. The summed E-state index contributed by atoms with van der Waals surface area (Å²) in [7, 11) is 0. The third-order valence-corrected chi connectivity index (χ3v) is 10.1. The van der Waals surface area contributed by atoms with E-state index in [1.165, 1.54) is 5.57 Å². The van der Waals surface area contributed by atoms with Gasteiger partial charge in [0, 0.05) is 17.6 Å². The molecule has 172 valence electrons.